The Balaban J connectivity index is 2.64. The van der Waals surface area contributed by atoms with E-state index < -0.39 is 0 Å². The molecule has 0 aliphatic heterocycles. The fraction of sp³-hybridized carbons (Fsp3) is 0.571. The highest BCUT2D eigenvalue weighted by Crippen LogP contribution is 2.05. The summed E-state index contributed by atoms with van der Waals surface area (Å²) in [6.45, 7) is 5.96. The van der Waals surface area contributed by atoms with Gasteiger partial charge in [-0.1, -0.05) is 32.8 Å². The minimum Gasteiger partial charge on any atom is -0.337 e. The molecule has 0 atom stereocenters. The maximum absolute atomic E-state index is 12.2. The Morgan fingerprint density at radius 3 is 2.29 bits per heavy atom. The molecule has 0 fully saturated rings. The van der Waals surface area contributed by atoms with Gasteiger partial charge >= 0.3 is 0 Å². The molecule has 0 spiro atoms. The summed E-state index contributed by atoms with van der Waals surface area (Å²) < 4.78 is 0. The fourth-order valence-corrected chi connectivity index (χ4v) is 1.66. The smallest absolute Gasteiger partial charge is 0.272 e. The molecule has 94 valence electrons. The molecule has 0 unspecified atom stereocenters. The van der Waals surface area contributed by atoms with Crippen LogP contribution in [0.1, 0.15) is 50.0 Å². The minimum absolute atomic E-state index is 0.0625. The molecule has 1 heterocycles. The highest BCUT2D eigenvalue weighted by Gasteiger charge is 2.15. The van der Waals surface area contributed by atoms with Crippen LogP contribution in [0.5, 0.6) is 0 Å². The van der Waals surface area contributed by atoms with Crippen LogP contribution in [0.3, 0.4) is 0 Å². The van der Waals surface area contributed by atoms with Gasteiger partial charge in [-0.15, -0.1) is 0 Å². The molecule has 1 aromatic rings. The number of aromatic nitrogens is 1. The molecule has 1 aromatic heterocycles. The zero-order valence-electron chi connectivity index (χ0n) is 10.9. The lowest BCUT2D eigenvalue weighted by Crippen LogP contribution is -2.33. The standard InChI is InChI=1S/C14H22N2O/c1-3-5-11-16(12-6-4-2)14(17)13-9-7-8-10-15-13/h7-10H,3-6,11-12H2,1-2H3. The van der Waals surface area contributed by atoms with Crippen molar-refractivity contribution in [2.75, 3.05) is 13.1 Å². The fourth-order valence-electron chi connectivity index (χ4n) is 1.66. The van der Waals surface area contributed by atoms with E-state index in [-0.39, 0.29) is 5.91 Å². The van der Waals surface area contributed by atoms with Gasteiger partial charge in [0.25, 0.3) is 5.91 Å². The summed E-state index contributed by atoms with van der Waals surface area (Å²) in [5.74, 6) is 0.0625. The summed E-state index contributed by atoms with van der Waals surface area (Å²) >= 11 is 0. The Hall–Kier alpha value is -1.38. The zero-order valence-corrected chi connectivity index (χ0v) is 10.9. The molecule has 0 radical (unpaired) electrons. The summed E-state index contributed by atoms with van der Waals surface area (Å²) in [6, 6.07) is 5.48. The molecule has 1 amide bonds. The van der Waals surface area contributed by atoms with E-state index in [1.165, 1.54) is 0 Å². The van der Waals surface area contributed by atoms with Crippen molar-refractivity contribution in [2.24, 2.45) is 0 Å². The van der Waals surface area contributed by atoms with Crippen LogP contribution in [0.15, 0.2) is 24.4 Å². The van der Waals surface area contributed by atoms with E-state index >= 15 is 0 Å². The van der Waals surface area contributed by atoms with Gasteiger partial charge in [0.1, 0.15) is 5.69 Å². The topological polar surface area (TPSA) is 33.2 Å². The van der Waals surface area contributed by atoms with Crippen molar-refractivity contribution in [3.63, 3.8) is 0 Å². The van der Waals surface area contributed by atoms with Gasteiger partial charge in [-0.25, -0.2) is 0 Å². The van der Waals surface area contributed by atoms with E-state index in [1.807, 2.05) is 17.0 Å². The third-order valence-electron chi connectivity index (χ3n) is 2.73. The van der Waals surface area contributed by atoms with Crippen LogP contribution in [-0.2, 0) is 0 Å². The van der Waals surface area contributed by atoms with Crippen molar-refractivity contribution in [3.05, 3.63) is 30.1 Å². The quantitative estimate of drug-likeness (QED) is 0.726. The molecule has 0 bridgehead atoms. The third-order valence-corrected chi connectivity index (χ3v) is 2.73. The monoisotopic (exact) mass is 234 g/mol. The summed E-state index contributed by atoms with van der Waals surface area (Å²) in [7, 11) is 0. The van der Waals surface area contributed by atoms with Crippen LogP contribution in [-0.4, -0.2) is 28.9 Å². The molecule has 0 aliphatic rings. The maximum atomic E-state index is 12.2. The van der Waals surface area contributed by atoms with Crippen molar-refractivity contribution >= 4 is 5.91 Å². The van der Waals surface area contributed by atoms with Crippen molar-refractivity contribution in [2.45, 2.75) is 39.5 Å². The van der Waals surface area contributed by atoms with Gasteiger partial charge in [0, 0.05) is 19.3 Å². The number of carbonyl (C=O) groups excluding carboxylic acids is 1. The van der Waals surface area contributed by atoms with Gasteiger partial charge in [-0.2, -0.15) is 0 Å². The molecular weight excluding hydrogens is 212 g/mol. The number of rotatable bonds is 7. The first kappa shape index (κ1) is 13.7. The average Bonchev–Trinajstić information content (AvgIpc) is 2.39. The predicted molar refractivity (Wildman–Crippen MR) is 70.0 cm³/mol. The first-order valence-corrected chi connectivity index (χ1v) is 6.49. The van der Waals surface area contributed by atoms with Gasteiger partial charge in [0.05, 0.1) is 0 Å². The van der Waals surface area contributed by atoms with Crippen molar-refractivity contribution in [3.8, 4) is 0 Å². The van der Waals surface area contributed by atoms with E-state index in [0.29, 0.717) is 5.69 Å². The van der Waals surface area contributed by atoms with Crippen LogP contribution in [0, 0.1) is 0 Å². The first-order chi connectivity index (χ1) is 8.29. The van der Waals surface area contributed by atoms with E-state index in [2.05, 4.69) is 18.8 Å². The Labute approximate surface area is 104 Å². The third kappa shape index (κ3) is 4.55. The van der Waals surface area contributed by atoms with E-state index in [0.717, 1.165) is 38.8 Å². The molecule has 0 N–H and O–H groups in total. The SMILES string of the molecule is CCCCN(CCCC)C(=O)c1ccccn1. The number of pyridine rings is 1. The predicted octanol–water partition coefficient (Wildman–Crippen LogP) is 3.12. The second kappa shape index (κ2) is 7.82. The van der Waals surface area contributed by atoms with E-state index in [4.69, 9.17) is 0 Å². The molecule has 0 saturated carbocycles. The Kier molecular flexibility index (Phi) is 6.30. The average molecular weight is 234 g/mol. The second-order valence-electron chi connectivity index (χ2n) is 4.21. The molecule has 3 heteroatoms. The Bertz CT molecular complexity index is 316. The molecule has 3 nitrogen and oxygen atoms in total. The lowest BCUT2D eigenvalue weighted by molar-refractivity contribution is 0.0745. The molecule has 17 heavy (non-hydrogen) atoms. The number of carbonyl (C=O) groups is 1. The molecular formula is C14H22N2O. The zero-order chi connectivity index (χ0) is 12.5. The van der Waals surface area contributed by atoms with Crippen LogP contribution in [0.25, 0.3) is 0 Å². The van der Waals surface area contributed by atoms with Gasteiger partial charge in [0.15, 0.2) is 0 Å². The van der Waals surface area contributed by atoms with Crippen LogP contribution in [0.2, 0.25) is 0 Å². The highest BCUT2D eigenvalue weighted by molar-refractivity contribution is 5.92. The number of hydrogen-bond acceptors (Lipinski definition) is 2. The summed E-state index contributed by atoms with van der Waals surface area (Å²) in [4.78, 5) is 18.3. The van der Waals surface area contributed by atoms with E-state index in [9.17, 15) is 4.79 Å². The van der Waals surface area contributed by atoms with Gasteiger partial charge in [0.2, 0.25) is 0 Å². The summed E-state index contributed by atoms with van der Waals surface area (Å²) in [5.41, 5.74) is 0.555. The lowest BCUT2D eigenvalue weighted by atomic mass is 10.2. The van der Waals surface area contributed by atoms with Crippen LogP contribution in [0.4, 0.5) is 0 Å². The number of hydrogen-bond donors (Lipinski definition) is 0. The Morgan fingerprint density at radius 2 is 1.82 bits per heavy atom. The van der Waals surface area contributed by atoms with Crippen LogP contribution < -0.4 is 0 Å². The Morgan fingerprint density at radius 1 is 1.18 bits per heavy atom. The van der Waals surface area contributed by atoms with Crippen molar-refractivity contribution in [1.29, 1.82) is 0 Å². The normalized spacial score (nSPS) is 10.2. The largest absolute Gasteiger partial charge is 0.337 e. The first-order valence-electron chi connectivity index (χ1n) is 6.49. The van der Waals surface area contributed by atoms with Gasteiger partial charge in [-0.3, -0.25) is 9.78 Å². The van der Waals surface area contributed by atoms with E-state index in [1.54, 1.807) is 12.3 Å². The highest BCUT2D eigenvalue weighted by atomic mass is 16.2. The van der Waals surface area contributed by atoms with Crippen molar-refractivity contribution in [1.82, 2.24) is 9.88 Å². The maximum Gasteiger partial charge on any atom is 0.272 e. The van der Waals surface area contributed by atoms with Gasteiger partial charge in [-0.05, 0) is 25.0 Å². The molecule has 0 aliphatic carbocycles. The molecule has 0 saturated heterocycles. The number of amides is 1. The lowest BCUT2D eigenvalue weighted by Gasteiger charge is -2.21. The summed E-state index contributed by atoms with van der Waals surface area (Å²) in [6.07, 6.45) is 6.01. The van der Waals surface area contributed by atoms with Crippen molar-refractivity contribution < 1.29 is 4.79 Å². The molecule has 0 aromatic carbocycles. The number of unbranched alkanes of at least 4 members (excludes halogenated alkanes) is 2. The summed E-state index contributed by atoms with van der Waals surface area (Å²) in [5, 5.41) is 0. The number of nitrogens with zero attached hydrogens (tertiary/aromatic N) is 2. The molecule has 1 rings (SSSR count). The minimum atomic E-state index is 0.0625. The van der Waals surface area contributed by atoms with Crippen LogP contribution >= 0.6 is 0 Å². The second-order valence-corrected chi connectivity index (χ2v) is 4.21. The van der Waals surface area contributed by atoms with Gasteiger partial charge < -0.3 is 4.90 Å².